The summed E-state index contributed by atoms with van der Waals surface area (Å²) in [5, 5.41) is 0.580. The van der Waals surface area contributed by atoms with E-state index in [1.807, 2.05) is 41.8 Å². The van der Waals surface area contributed by atoms with Gasteiger partial charge in [-0.05, 0) is 55.9 Å². The molecule has 0 bridgehead atoms. The molecule has 0 spiro atoms. The summed E-state index contributed by atoms with van der Waals surface area (Å²) in [6.07, 6.45) is 0. The first-order valence-electron chi connectivity index (χ1n) is 9.12. The molecule has 2 aromatic heterocycles. The lowest BCUT2D eigenvalue weighted by Gasteiger charge is -2.07. The lowest BCUT2D eigenvalue weighted by Crippen LogP contribution is -2.09. The van der Waals surface area contributed by atoms with Gasteiger partial charge in [-0.1, -0.05) is 52.9 Å². The number of thioether (sulfide) groups is 1. The predicted octanol–water partition coefficient (Wildman–Crippen LogP) is 5.50. The molecule has 0 amide bonds. The van der Waals surface area contributed by atoms with E-state index in [0.29, 0.717) is 26.1 Å². The number of aromatic amines is 1. The van der Waals surface area contributed by atoms with Crippen LogP contribution in [0.25, 0.3) is 16.0 Å². The molecule has 29 heavy (non-hydrogen) atoms. The highest BCUT2D eigenvalue weighted by Gasteiger charge is 2.14. The Kier molecular flexibility index (Phi) is 5.84. The molecule has 2 heterocycles. The zero-order valence-electron chi connectivity index (χ0n) is 16.0. The van der Waals surface area contributed by atoms with Gasteiger partial charge in [0.15, 0.2) is 14.8 Å². The highest BCUT2D eigenvalue weighted by atomic mass is 32.2. The minimum absolute atomic E-state index is 0.164. The summed E-state index contributed by atoms with van der Waals surface area (Å²) in [7, 11) is 0. The average Bonchev–Trinajstić information content (AvgIpc) is 3.04. The fourth-order valence-electron chi connectivity index (χ4n) is 3.00. The first-order valence-corrected chi connectivity index (χ1v) is 11.3. The fraction of sp³-hybridized carbons (Fsp3) is 0.190. The van der Waals surface area contributed by atoms with Crippen molar-refractivity contribution in [3.05, 3.63) is 74.0 Å². The van der Waals surface area contributed by atoms with Crippen molar-refractivity contribution in [1.29, 1.82) is 0 Å². The second-order valence-corrected chi connectivity index (χ2v) is 9.04. The fourth-order valence-corrected chi connectivity index (χ4v) is 5.07. The lowest BCUT2D eigenvalue weighted by molar-refractivity contribution is 0.340. The summed E-state index contributed by atoms with van der Waals surface area (Å²) in [4.78, 5) is 20.2. The van der Waals surface area contributed by atoms with Gasteiger partial charge < -0.3 is 9.72 Å². The third kappa shape index (κ3) is 4.29. The maximum Gasteiger partial charge on any atom is 0.271 e. The summed E-state index contributed by atoms with van der Waals surface area (Å²) in [6, 6.07) is 15.9. The smallest absolute Gasteiger partial charge is 0.271 e. The van der Waals surface area contributed by atoms with Crippen molar-refractivity contribution in [3.63, 3.8) is 0 Å². The van der Waals surface area contributed by atoms with Crippen LogP contribution in [-0.4, -0.2) is 21.1 Å². The van der Waals surface area contributed by atoms with Crippen molar-refractivity contribution in [2.45, 2.75) is 24.8 Å². The number of thiazole rings is 1. The Bertz CT molecular complexity index is 1270. The minimum Gasteiger partial charge on any atom is -0.494 e. The van der Waals surface area contributed by atoms with E-state index in [0.717, 1.165) is 17.2 Å². The van der Waals surface area contributed by atoms with E-state index < -0.39 is 0 Å². The van der Waals surface area contributed by atoms with Crippen LogP contribution in [0, 0.1) is 10.9 Å². The van der Waals surface area contributed by atoms with Crippen LogP contribution >= 0.6 is 35.3 Å². The van der Waals surface area contributed by atoms with Crippen molar-refractivity contribution >= 4 is 45.7 Å². The van der Waals surface area contributed by atoms with Gasteiger partial charge in [0.2, 0.25) is 0 Å². The molecule has 1 N–H and O–H groups in total. The number of aromatic nitrogens is 3. The molecule has 148 valence electrons. The van der Waals surface area contributed by atoms with Gasteiger partial charge >= 0.3 is 0 Å². The topological polar surface area (TPSA) is 59.9 Å². The lowest BCUT2D eigenvalue weighted by atomic mass is 10.2. The summed E-state index contributed by atoms with van der Waals surface area (Å²) in [5.41, 5.74) is 3.67. The van der Waals surface area contributed by atoms with Gasteiger partial charge in [-0.3, -0.25) is 9.36 Å². The van der Waals surface area contributed by atoms with E-state index in [4.69, 9.17) is 21.9 Å². The summed E-state index contributed by atoms with van der Waals surface area (Å²) >= 11 is 8.30. The summed E-state index contributed by atoms with van der Waals surface area (Å²) in [5.74, 6) is 1.52. The average molecular weight is 442 g/mol. The van der Waals surface area contributed by atoms with E-state index in [1.165, 1.54) is 34.2 Å². The van der Waals surface area contributed by atoms with Crippen molar-refractivity contribution in [2.75, 3.05) is 6.61 Å². The molecular weight excluding hydrogens is 422 g/mol. The molecule has 0 atom stereocenters. The van der Waals surface area contributed by atoms with E-state index in [1.54, 1.807) is 0 Å². The second-order valence-electron chi connectivity index (χ2n) is 6.43. The van der Waals surface area contributed by atoms with Crippen LogP contribution in [0.5, 0.6) is 5.75 Å². The van der Waals surface area contributed by atoms with Gasteiger partial charge in [0.1, 0.15) is 10.4 Å². The van der Waals surface area contributed by atoms with Gasteiger partial charge in [0.25, 0.3) is 5.56 Å². The largest absolute Gasteiger partial charge is 0.494 e. The van der Waals surface area contributed by atoms with Gasteiger partial charge in [0, 0.05) is 11.4 Å². The van der Waals surface area contributed by atoms with Crippen LogP contribution in [0.1, 0.15) is 18.1 Å². The molecule has 0 aliphatic carbocycles. The van der Waals surface area contributed by atoms with Gasteiger partial charge in [-0.25, -0.2) is 4.98 Å². The van der Waals surface area contributed by atoms with Crippen LogP contribution in [0.15, 0.2) is 58.5 Å². The standard InChI is InChI=1S/C21H19N3O2S3/c1-3-26-16-9-7-15(8-10-16)24-18-17(29-21(24)27)19(25)23-20(22-18)28-12-14-6-4-5-13(2)11-14/h4-11H,3,12H2,1-2H3,(H,22,23,25). The predicted molar refractivity (Wildman–Crippen MR) is 122 cm³/mol. The Morgan fingerprint density at radius 2 is 2.03 bits per heavy atom. The number of benzene rings is 2. The van der Waals surface area contributed by atoms with Crippen LogP contribution in [0.2, 0.25) is 0 Å². The Morgan fingerprint density at radius 1 is 1.24 bits per heavy atom. The Balaban J connectivity index is 1.71. The minimum atomic E-state index is -0.164. The van der Waals surface area contributed by atoms with Crippen LogP contribution in [0.3, 0.4) is 0 Å². The molecule has 8 heteroatoms. The zero-order valence-corrected chi connectivity index (χ0v) is 18.4. The van der Waals surface area contributed by atoms with Gasteiger partial charge in [-0.15, -0.1) is 0 Å². The molecule has 4 rings (SSSR count). The normalized spacial score (nSPS) is 11.1. The molecule has 0 radical (unpaired) electrons. The van der Waals surface area contributed by atoms with Crippen molar-refractivity contribution in [2.24, 2.45) is 0 Å². The number of fused-ring (bicyclic) bond motifs is 1. The number of nitrogens with one attached hydrogen (secondary N) is 1. The van der Waals surface area contributed by atoms with E-state index in [9.17, 15) is 4.79 Å². The molecule has 0 saturated heterocycles. The second kappa shape index (κ2) is 8.52. The SMILES string of the molecule is CCOc1ccc(-n2c(=S)sc3c(=O)[nH]c(SCc4cccc(C)c4)nc32)cc1. The molecule has 4 aromatic rings. The number of aryl methyl sites for hydroxylation is 1. The molecule has 2 aromatic carbocycles. The third-order valence-corrected chi connectivity index (χ3v) is 6.59. The molecule has 0 unspecified atom stereocenters. The van der Waals surface area contributed by atoms with Crippen LogP contribution < -0.4 is 10.3 Å². The molecule has 0 aliphatic rings. The number of hydrogen-bond donors (Lipinski definition) is 1. The van der Waals surface area contributed by atoms with E-state index in [2.05, 4.69) is 30.1 Å². The number of nitrogens with zero attached hydrogens (tertiary/aromatic N) is 2. The Morgan fingerprint density at radius 3 is 2.76 bits per heavy atom. The highest BCUT2D eigenvalue weighted by Crippen LogP contribution is 2.27. The van der Waals surface area contributed by atoms with Crippen molar-refractivity contribution < 1.29 is 4.74 Å². The maximum atomic E-state index is 12.6. The third-order valence-electron chi connectivity index (χ3n) is 4.28. The number of H-pyrrole nitrogens is 1. The van der Waals surface area contributed by atoms with Crippen molar-refractivity contribution in [3.8, 4) is 11.4 Å². The van der Waals surface area contributed by atoms with Crippen molar-refractivity contribution in [1.82, 2.24) is 14.5 Å². The maximum absolute atomic E-state index is 12.6. The number of hydrogen-bond acceptors (Lipinski definition) is 6. The van der Waals surface area contributed by atoms with E-state index >= 15 is 0 Å². The first-order chi connectivity index (χ1) is 14.0. The van der Waals surface area contributed by atoms with Gasteiger partial charge in [-0.2, -0.15) is 0 Å². The molecular formula is C21H19N3O2S3. The Hall–Kier alpha value is -2.42. The monoisotopic (exact) mass is 441 g/mol. The Labute approximate surface area is 181 Å². The molecule has 0 aliphatic heterocycles. The summed E-state index contributed by atoms with van der Waals surface area (Å²) in [6.45, 7) is 4.62. The first kappa shape index (κ1) is 19.9. The zero-order chi connectivity index (χ0) is 20.4. The summed E-state index contributed by atoms with van der Waals surface area (Å²) < 4.78 is 8.47. The number of ether oxygens (including phenoxy) is 1. The van der Waals surface area contributed by atoms with Crippen LogP contribution in [0.4, 0.5) is 0 Å². The highest BCUT2D eigenvalue weighted by molar-refractivity contribution is 7.98. The molecule has 5 nitrogen and oxygen atoms in total. The quantitative estimate of drug-likeness (QED) is 0.243. The van der Waals surface area contributed by atoms with Gasteiger partial charge in [0.05, 0.1) is 6.61 Å². The van der Waals surface area contributed by atoms with E-state index in [-0.39, 0.29) is 5.56 Å². The molecule has 0 fully saturated rings. The van der Waals surface area contributed by atoms with Crippen LogP contribution in [-0.2, 0) is 5.75 Å². The molecule has 0 saturated carbocycles. The number of rotatable bonds is 6.